The summed E-state index contributed by atoms with van der Waals surface area (Å²) in [5, 5.41) is 11.0. The molecule has 1 N–H and O–H groups in total. The molecule has 1 aromatic carbocycles. The average Bonchev–Trinajstić information content (AvgIpc) is 2.53. The van der Waals surface area contributed by atoms with Crippen LogP contribution >= 0.6 is 0 Å². The highest BCUT2D eigenvalue weighted by molar-refractivity contribution is 5.88. The van der Waals surface area contributed by atoms with Gasteiger partial charge in [0.15, 0.2) is 0 Å². The summed E-state index contributed by atoms with van der Waals surface area (Å²) < 4.78 is 0. The zero-order chi connectivity index (χ0) is 20.5. The van der Waals surface area contributed by atoms with Gasteiger partial charge in [0.25, 0.3) is 0 Å². The molecule has 1 rings (SSSR count). The molecule has 0 aliphatic carbocycles. The quantitative estimate of drug-likeness (QED) is 0.750. The molecule has 3 heteroatoms. The number of carbonyl (C=O) groups excluding carboxylic acids is 1. The second-order valence-electron chi connectivity index (χ2n) is 9.58. The van der Waals surface area contributed by atoms with Crippen molar-refractivity contribution in [3.63, 3.8) is 0 Å². The van der Waals surface area contributed by atoms with E-state index in [-0.39, 0.29) is 16.7 Å². The molecule has 0 bridgehead atoms. The van der Waals surface area contributed by atoms with Gasteiger partial charge < -0.3 is 10.0 Å². The van der Waals surface area contributed by atoms with Gasteiger partial charge in [-0.3, -0.25) is 4.79 Å². The zero-order valence-electron chi connectivity index (χ0n) is 18.6. The van der Waals surface area contributed by atoms with Crippen LogP contribution in [0.3, 0.4) is 0 Å². The monoisotopic (exact) mass is 361 g/mol. The van der Waals surface area contributed by atoms with E-state index < -0.39 is 5.41 Å². The smallest absolute Gasteiger partial charge is 0.232 e. The summed E-state index contributed by atoms with van der Waals surface area (Å²) in [5.74, 6) is 0.526. The minimum absolute atomic E-state index is 0.162. The molecule has 1 aromatic rings. The Morgan fingerprint density at radius 2 is 1.27 bits per heavy atom. The van der Waals surface area contributed by atoms with E-state index in [1.165, 1.54) is 0 Å². The molecule has 0 aromatic heterocycles. The highest BCUT2D eigenvalue weighted by atomic mass is 16.3. The van der Waals surface area contributed by atoms with E-state index in [1.807, 2.05) is 25.7 Å². The lowest BCUT2D eigenvalue weighted by Crippen LogP contribution is -2.45. The van der Waals surface area contributed by atoms with Crippen LogP contribution in [-0.4, -0.2) is 29.0 Å². The van der Waals surface area contributed by atoms with Crippen molar-refractivity contribution in [2.45, 2.75) is 91.9 Å². The molecule has 3 nitrogen and oxygen atoms in total. The Bertz CT molecular complexity index is 610. The minimum Gasteiger partial charge on any atom is -0.507 e. The van der Waals surface area contributed by atoms with Crippen molar-refractivity contribution in [1.29, 1.82) is 0 Å². The first kappa shape index (κ1) is 22.5. The minimum atomic E-state index is -0.597. The Morgan fingerprint density at radius 3 is 1.54 bits per heavy atom. The first-order valence-electron chi connectivity index (χ1n) is 9.91. The summed E-state index contributed by atoms with van der Waals surface area (Å²) >= 11 is 0. The number of hydrogen-bond donors (Lipinski definition) is 1. The molecule has 1 amide bonds. The predicted octanol–water partition coefficient (Wildman–Crippen LogP) is 5.52. The third-order valence-electron chi connectivity index (χ3n) is 5.59. The molecule has 26 heavy (non-hydrogen) atoms. The molecular weight excluding hydrogens is 322 g/mol. The normalized spacial score (nSPS) is 14.8. The number of phenolic OH excluding ortho intramolecular Hbond substituents is 1. The number of hydrogen-bond acceptors (Lipinski definition) is 2. The zero-order valence-corrected chi connectivity index (χ0v) is 18.6. The number of likely N-dealkylation sites (N-methyl/N-ethyl adjacent to an activating group) is 1. The van der Waals surface area contributed by atoms with Gasteiger partial charge in [0, 0.05) is 13.1 Å². The molecule has 1 atom stereocenters. The highest BCUT2D eigenvalue weighted by Crippen LogP contribution is 2.43. The van der Waals surface area contributed by atoms with Crippen LogP contribution in [0, 0.1) is 0 Å². The third kappa shape index (κ3) is 4.24. The summed E-state index contributed by atoms with van der Waals surface area (Å²) in [6, 6.07) is 4.10. The maximum atomic E-state index is 13.3. The molecule has 0 saturated heterocycles. The number of benzene rings is 1. The van der Waals surface area contributed by atoms with Crippen LogP contribution in [0.1, 0.15) is 92.3 Å². The van der Waals surface area contributed by atoms with Gasteiger partial charge in [-0.05, 0) is 54.7 Å². The Kier molecular flexibility index (Phi) is 6.60. The van der Waals surface area contributed by atoms with E-state index in [2.05, 4.69) is 60.6 Å². The first-order valence-corrected chi connectivity index (χ1v) is 9.91. The molecular formula is C23H39NO2. The van der Waals surface area contributed by atoms with Gasteiger partial charge in [-0.15, -0.1) is 0 Å². The Hall–Kier alpha value is -1.51. The van der Waals surface area contributed by atoms with E-state index in [4.69, 9.17) is 0 Å². The first-order chi connectivity index (χ1) is 11.7. The van der Waals surface area contributed by atoms with Crippen molar-refractivity contribution in [1.82, 2.24) is 4.90 Å². The molecule has 0 fully saturated rings. The van der Waals surface area contributed by atoms with Crippen molar-refractivity contribution < 1.29 is 9.90 Å². The van der Waals surface area contributed by atoms with Crippen LogP contribution in [0.15, 0.2) is 12.1 Å². The van der Waals surface area contributed by atoms with Gasteiger partial charge in [-0.25, -0.2) is 0 Å². The molecule has 1 unspecified atom stereocenters. The van der Waals surface area contributed by atoms with Crippen molar-refractivity contribution in [3.8, 4) is 5.75 Å². The fourth-order valence-electron chi connectivity index (χ4n) is 3.44. The van der Waals surface area contributed by atoms with E-state index in [9.17, 15) is 9.90 Å². The van der Waals surface area contributed by atoms with Gasteiger partial charge in [0.2, 0.25) is 5.91 Å². The number of carbonyl (C=O) groups is 1. The largest absolute Gasteiger partial charge is 0.507 e. The number of phenols is 1. The second-order valence-corrected chi connectivity index (χ2v) is 9.58. The van der Waals surface area contributed by atoms with Crippen LogP contribution < -0.4 is 0 Å². The fraction of sp³-hybridized carbons (Fsp3) is 0.696. The molecule has 0 saturated carbocycles. The maximum absolute atomic E-state index is 13.3. The third-order valence-corrected chi connectivity index (χ3v) is 5.59. The Labute approximate surface area is 160 Å². The summed E-state index contributed by atoms with van der Waals surface area (Å²) in [6.07, 6.45) is 0.722. The lowest BCUT2D eigenvalue weighted by atomic mass is 9.72. The number of rotatable bonds is 5. The van der Waals surface area contributed by atoms with Crippen molar-refractivity contribution in [3.05, 3.63) is 28.8 Å². The van der Waals surface area contributed by atoms with Crippen LogP contribution in [-0.2, 0) is 21.0 Å². The van der Waals surface area contributed by atoms with Gasteiger partial charge in [-0.1, -0.05) is 60.6 Å². The fourth-order valence-corrected chi connectivity index (χ4v) is 3.44. The Balaban J connectivity index is 3.77. The lowest BCUT2D eigenvalue weighted by Gasteiger charge is -2.36. The molecule has 0 heterocycles. The predicted molar refractivity (Wildman–Crippen MR) is 111 cm³/mol. The number of nitrogens with zero attached hydrogens (tertiary/aromatic N) is 1. The summed E-state index contributed by atoms with van der Waals surface area (Å²) in [4.78, 5) is 15.2. The molecule has 0 radical (unpaired) electrons. The molecule has 148 valence electrons. The highest BCUT2D eigenvalue weighted by Gasteiger charge is 2.38. The maximum Gasteiger partial charge on any atom is 0.232 e. The topological polar surface area (TPSA) is 40.5 Å². The van der Waals surface area contributed by atoms with Gasteiger partial charge >= 0.3 is 0 Å². The van der Waals surface area contributed by atoms with Crippen molar-refractivity contribution in [2.24, 2.45) is 0 Å². The molecule has 0 spiro atoms. The van der Waals surface area contributed by atoms with E-state index in [0.29, 0.717) is 18.8 Å². The second kappa shape index (κ2) is 7.62. The van der Waals surface area contributed by atoms with Crippen molar-refractivity contribution in [2.75, 3.05) is 13.1 Å². The summed E-state index contributed by atoms with van der Waals surface area (Å²) in [5.41, 5.74) is 1.82. The van der Waals surface area contributed by atoms with Crippen molar-refractivity contribution >= 4 is 5.91 Å². The molecule has 0 aliphatic rings. The summed E-state index contributed by atoms with van der Waals surface area (Å²) in [6.45, 7) is 22.2. The van der Waals surface area contributed by atoms with Gasteiger partial charge in [-0.2, -0.15) is 0 Å². The van der Waals surface area contributed by atoms with Crippen LogP contribution in [0.2, 0.25) is 0 Å². The van der Waals surface area contributed by atoms with Crippen LogP contribution in [0.25, 0.3) is 0 Å². The standard InChI is InChI=1S/C23H39NO2/c1-11-23(10,20(26)24(12-2)13-3)16-14-17(21(4,5)6)19(25)18(15-16)22(7,8)9/h14-15,25H,11-13H2,1-10H3. The van der Waals surface area contributed by atoms with Crippen LogP contribution in [0.4, 0.5) is 0 Å². The SMILES string of the molecule is CCN(CC)C(=O)C(C)(CC)c1cc(C(C)(C)C)c(O)c(C(C)(C)C)c1. The number of amides is 1. The van der Waals surface area contributed by atoms with Gasteiger partial charge in [0.05, 0.1) is 5.41 Å². The van der Waals surface area contributed by atoms with E-state index in [0.717, 1.165) is 23.1 Å². The van der Waals surface area contributed by atoms with E-state index >= 15 is 0 Å². The molecule has 0 aliphatic heterocycles. The number of aromatic hydroxyl groups is 1. The lowest BCUT2D eigenvalue weighted by molar-refractivity contribution is -0.136. The average molecular weight is 362 g/mol. The van der Waals surface area contributed by atoms with Crippen LogP contribution in [0.5, 0.6) is 5.75 Å². The summed E-state index contributed by atoms with van der Waals surface area (Å²) in [7, 11) is 0. The van der Waals surface area contributed by atoms with Gasteiger partial charge in [0.1, 0.15) is 5.75 Å². The van der Waals surface area contributed by atoms with E-state index in [1.54, 1.807) is 0 Å². The Morgan fingerprint density at radius 1 is 0.885 bits per heavy atom.